The standard InChI is InChI=1S/C15H11ClN2/c16-10-4-6-11-5-3-9-14-15(11)18-13-8-2-1-7-12(13)17-14/h1-9H,10H2/b6-4+. The fourth-order valence-corrected chi connectivity index (χ4v) is 2.06. The summed E-state index contributed by atoms with van der Waals surface area (Å²) in [6.07, 6.45) is 3.89. The number of halogens is 1. The minimum absolute atomic E-state index is 0.497. The SMILES string of the molecule is ClC/C=C/c1cccc2nc3ccccc3nc12. The number of benzene rings is 2. The topological polar surface area (TPSA) is 25.8 Å². The molecule has 0 unspecified atom stereocenters. The number of para-hydroxylation sites is 3. The van der Waals surface area contributed by atoms with Gasteiger partial charge in [-0.15, -0.1) is 11.6 Å². The molecule has 0 atom stereocenters. The number of nitrogens with zero attached hydrogens (tertiary/aromatic N) is 2. The molecule has 0 amide bonds. The Bertz CT molecular complexity index is 735. The second kappa shape index (κ2) is 4.75. The van der Waals surface area contributed by atoms with Crippen LogP contribution in [0.3, 0.4) is 0 Å². The van der Waals surface area contributed by atoms with Gasteiger partial charge in [0.05, 0.1) is 22.1 Å². The number of rotatable bonds is 2. The largest absolute Gasteiger partial charge is 0.244 e. The monoisotopic (exact) mass is 254 g/mol. The Morgan fingerprint density at radius 2 is 1.61 bits per heavy atom. The molecule has 3 rings (SSSR count). The summed E-state index contributed by atoms with van der Waals surface area (Å²) >= 11 is 5.67. The van der Waals surface area contributed by atoms with Crippen molar-refractivity contribution in [1.29, 1.82) is 0 Å². The van der Waals surface area contributed by atoms with Crippen molar-refractivity contribution < 1.29 is 0 Å². The van der Waals surface area contributed by atoms with Gasteiger partial charge < -0.3 is 0 Å². The van der Waals surface area contributed by atoms with E-state index in [4.69, 9.17) is 11.6 Å². The Morgan fingerprint density at radius 1 is 0.889 bits per heavy atom. The molecule has 0 aliphatic carbocycles. The lowest BCUT2D eigenvalue weighted by Gasteiger charge is -2.03. The zero-order valence-electron chi connectivity index (χ0n) is 9.68. The van der Waals surface area contributed by atoms with Gasteiger partial charge in [-0.05, 0) is 18.2 Å². The first-order valence-electron chi connectivity index (χ1n) is 5.76. The summed E-state index contributed by atoms with van der Waals surface area (Å²) in [6.45, 7) is 0. The Kier molecular flexibility index (Phi) is 2.95. The van der Waals surface area contributed by atoms with Gasteiger partial charge >= 0.3 is 0 Å². The predicted molar refractivity (Wildman–Crippen MR) is 76.8 cm³/mol. The zero-order chi connectivity index (χ0) is 12.4. The van der Waals surface area contributed by atoms with Gasteiger partial charge in [-0.1, -0.05) is 36.4 Å². The van der Waals surface area contributed by atoms with Gasteiger partial charge in [-0.2, -0.15) is 0 Å². The lowest BCUT2D eigenvalue weighted by Crippen LogP contribution is -1.89. The summed E-state index contributed by atoms with van der Waals surface area (Å²) in [7, 11) is 0. The maximum absolute atomic E-state index is 5.67. The number of allylic oxidation sites excluding steroid dienone is 1. The molecule has 0 aliphatic rings. The summed E-state index contributed by atoms with van der Waals surface area (Å²) < 4.78 is 0. The molecule has 0 spiro atoms. The maximum Gasteiger partial charge on any atom is 0.0966 e. The van der Waals surface area contributed by atoms with Crippen molar-refractivity contribution in [2.24, 2.45) is 0 Å². The zero-order valence-corrected chi connectivity index (χ0v) is 10.4. The fourth-order valence-electron chi connectivity index (χ4n) is 1.97. The van der Waals surface area contributed by atoms with Crippen LogP contribution in [0.15, 0.2) is 48.5 Å². The second-order valence-electron chi connectivity index (χ2n) is 3.98. The molecule has 2 nitrogen and oxygen atoms in total. The highest BCUT2D eigenvalue weighted by Crippen LogP contribution is 2.20. The predicted octanol–water partition coefficient (Wildman–Crippen LogP) is 4.04. The summed E-state index contributed by atoms with van der Waals surface area (Å²) in [5.74, 6) is 0.497. The van der Waals surface area contributed by atoms with E-state index in [1.807, 2.05) is 54.6 Å². The average Bonchev–Trinajstić information content (AvgIpc) is 2.43. The molecule has 88 valence electrons. The molecule has 0 saturated carbocycles. The Labute approximate surface area is 110 Å². The molecule has 3 heteroatoms. The van der Waals surface area contributed by atoms with E-state index in [0.717, 1.165) is 27.6 Å². The van der Waals surface area contributed by atoms with Crippen molar-refractivity contribution in [3.05, 3.63) is 54.1 Å². The van der Waals surface area contributed by atoms with E-state index in [0.29, 0.717) is 5.88 Å². The Hall–Kier alpha value is -1.93. The molecule has 2 aromatic carbocycles. The van der Waals surface area contributed by atoms with Crippen molar-refractivity contribution in [3.8, 4) is 0 Å². The number of hydrogen-bond donors (Lipinski definition) is 0. The van der Waals surface area contributed by atoms with Crippen LogP contribution >= 0.6 is 11.6 Å². The van der Waals surface area contributed by atoms with Crippen LogP contribution in [0.4, 0.5) is 0 Å². The number of aromatic nitrogens is 2. The van der Waals surface area contributed by atoms with E-state index in [9.17, 15) is 0 Å². The van der Waals surface area contributed by atoms with Crippen LogP contribution in [-0.2, 0) is 0 Å². The molecular weight excluding hydrogens is 244 g/mol. The molecule has 1 aromatic heterocycles. The van der Waals surface area contributed by atoms with Gasteiger partial charge in [0.15, 0.2) is 0 Å². The molecule has 18 heavy (non-hydrogen) atoms. The number of hydrogen-bond acceptors (Lipinski definition) is 2. The molecule has 1 heterocycles. The van der Waals surface area contributed by atoms with Crippen LogP contribution in [0.5, 0.6) is 0 Å². The third-order valence-corrected chi connectivity index (χ3v) is 2.97. The molecular formula is C15H11ClN2. The highest BCUT2D eigenvalue weighted by molar-refractivity contribution is 6.19. The smallest absolute Gasteiger partial charge is 0.0966 e. The Morgan fingerprint density at radius 3 is 2.39 bits per heavy atom. The van der Waals surface area contributed by atoms with Crippen LogP contribution in [0.25, 0.3) is 28.1 Å². The molecule has 0 N–H and O–H groups in total. The van der Waals surface area contributed by atoms with E-state index >= 15 is 0 Å². The summed E-state index contributed by atoms with van der Waals surface area (Å²) in [5, 5.41) is 0. The minimum Gasteiger partial charge on any atom is -0.244 e. The first kappa shape index (κ1) is 11.2. The first-order valence-corrected chi connectivity index (χ1v) is 6.30. The lowest BCUT2D eigenvalue weighted by molar-refractivity contribution is 1.39. The van der Waals surface area contributed by atoms with Crippen LogP contribution < -0.4 is 0 Å². The van der Waals surface area contributed by atoms with Crippen LogP contribution in [-0.4, -0.2) is 15.8 Å². The highest BCUT2D eigenvalue weighted by Gasteiger charge is 2.03. The van der Waals surface area contributed by atoms with Gasteiger partial charge in [0, 0.05) is 11.4 Å². The minimum atomic E-state index is 0.497. The van der Waals surface area contributed by atoms with E-state index in [-0.39, 0.29) is 0 Å². The molecule has 3 aromatic rings. The van der Waals surface area contributed by atoms with Crippen molar-refractivity contribution in [2.75, 3.05) is 5.88 Å². The lowest BCUT2D eigenvalue weighted by atomic mass is 10.1. The molecule has 0 saturated heterocycles. The van der Waals surface area contributed by atoms with Gasteiger partial charge in [-0.3, -0.25) is 0 Å². The van der Waals surface area contributed by atoms with Gasteiger partial charge in [-0.25, -0.2) is 9.97 Å². The first-order chi connectivity index (χ1) is 8.88. The summed E-state index contributed by atoms with van der Waals surface area (Å²) in [4.78, 5) is 9.29. The number of fused-ring (bicyclic) bond motifs is 2. The highest BCUT2D eigenvalue weighted by atomic mass is 35.5. The molecule has 0 fully saturated rings. The van der Waals surface area contributed by atoms with Crippen molar-refractivity contribution >= 4 is 39.7 Å². The summed E-state index contributed by atoms with van der Waals surface area (Å²) in [6, 6.07) is 13.9. The van der Waals surface area contributed by atoms with E-state index in [2.05, 4.69) is 9.97 Å². The molecule has 0 radical (unpaired) electrons. The van der Waals surface area contributed by atoms with E-state index in [1.54, 1.807) is 0 Å². The number of alkyl halides is 1. The normalized spacial score (nSPS) is 11.6. The van der Waals surface area contributed by atoms with E-state index < -0.39 is 0 Å². The average molecular weight is 255 g/mol. The molecule has 0 bridgehead atoms. The van der Waals surface area contributed by atoms with Gasteiger partial charge in [0.1, 0.15) is 0 Å². The summed E-state index contributed by atoms with van der Waals surface area (Å²) in [5.41, 5.74) is 4.70. The van der Waals surface area contributed by atoms with Crippen LogP contribution in [0.2, 0.25) is 0 Å². The van der Waals surface area contributed by atoms with Crippen LogP contribution in [0.1, 0.15) is 5.56 Å². The third-order valence-electron chi connectivity index (χ3n) is 2.79. The molecule has 0 aliphatic heterocycles. The Balaban J connectivity index is 2.32. The fraction of sp³-hybridized carbons (Fsp3) is 0.0667. The van der Waals surface area contributed by atoms with E-state index in [1.165, 1.54) is 0 Å². The van der Waals surface area contributed by atoms with Crippen molar-refractivity contribution in [1.82, 2.24) is 9.97 Å². The van der Waals surface area contributed by atoms with Crippen LogP contribution in [0, 0.1) is 0 Å². The van der Waals surface area contributed by atoms with Gasteiger partial charge in [0.25, 0.3) is 0 Å². The van der Waals surface area contributed by atoms with Crippen molar-refractivity contribution in [3.63, 3.8) is 0 Å². The van der Waals surface area contributed by atoms with Crippen molar-refractivity contribution in [2.45, 2.75) is 0 Å². The quantitative estimate of drug-likeness (QED) is 0.510. The maximum atomic E-state index is 5.67. The van der Waals surface area contributed by atoms with Gasteiger partial charge in [0.2, 0.25) is 0 Å². The third kappa shape index (κ3) is 1.95. The second-order valence-corrected chi connectivity index (χ2v) is 4.29.